The molecule has 0 aromatic carbocycles. The van der Waals surface area contributed by atoms with Gasteiger partial charge in [-0.15, -0.1) is 0 Å². The van der Waals surface area contributed by atoms with Gasteiger partial charge >= 0.3 is 0 Å². The summed E-state index contributed by atoms with van der Waals surface area (Å²) in [5, 5.41) is 0. The Hall–Kier alpha value is -0.0400. The average Bonchev–Trinajstić information content (AvgIpc) is 2.15. The van der Waals surface area contributed by atoms with Crippen molar-refractivity contribution in [3.05, 3.63) is 0 Å². The molecule has 1 aliphatic rings. The molecule has 0 N–H and O–H groups in total. The average molecular weight is 239 g/mol. The van der Waals surface area contributed by atoms with Crippen LogP contribution in [0.3, 0.4) is 0 Å². The molecule has 1 heteroatoms. The smallest absolute Gasteiger partial charge is 0.0122 e. The summed E-state index contributed by atoms with van der Waals surface area (Å²) in [6, 6.07) is 0. The fourth-order valence-electron chi connectivity index (χ4n) is 2.87. The molecule has 1 nitrogen and oxygen atoms in total. The van der Waals surface area contributed by atoms with Gasteiger partial charge in [0.15, 0.2) is 0 Å². The highest BCUT2D eigenvalue weighted by Gasteiger charge is 2.31. The molecular weight excluding hydrogens is 206 g/mol. The minimum Gasteiger partial charge on any atom is -0.301 e. The zero-order valence-corrected chi connectivity index (χ0v) is 13.1. The van der Waals surface area contributed by atoms with Crippen LogP contribution in [-0.4, -0.2) is 24.0 Å². The SMILES string of the molecule is CN(CC1CCC(C(C)(C)C)CC1)C(C)(C)C. The first-order valence-electron chi connectivity index (χ1n) is 7.32. The number of hydrogen-bond donors (Lipinski definition) is 0. The van der Waals surface area contributed by atoms with E-state index in [4.69, 9.17) is 0 Å². The Kier molecular flexibility index (Phi) is 4.68. The maximum Gasteiger partial charge on any atom is 0.0122 e. The molecule has 0 saturated heterocycles. The van der Waals surface area contributed by atoms with Crippen molar-refractivity contribution in [2.45, 2.75) is 72.8 Å². The van der Waals surface area contributed by atoms with Crippen LogP contribution in [0.5, 0.6) is 0 Å². The molecule has 0 atom stereocenters. The highest BCUT2D eigenvalue weighted by molar-refractivity contribution is 4.83. The Bertz CT molecular complexity index is 223. The largest absolute Gasteiger partial charge is 0.301 e. The fourth-order valence-corrected chi connectivity index (χ4v) is 2.87. The van der Waals surface area contributed by atoms with Gasteiger partial charge < -0.3 is 4.90 Å². The lowest BCUT2D eigenvalue weighted by Crippen LogP contribution is -2.42. The third-order valence-corrected chi connectivity index (χ3v) is 4.75. The highest BCUT2D eigenvalue weighted by atomic mass is 15.2. The van der Waals surface area contributed by atoms with E-state index >= 15 is 0 Å². The zero-order chi connectivity index (χ0) is 13.3. The lowest BCUT2D eigenvalue weighted by molar-refractivity contribution is 0.0987. The normalized spacial score (nSPS) is 27.5. The molecule has 102 valence electrons. The fraction of sp³-hybridized carbons (Fsp3) is 1.00. The Labute approximate surface area is 109 Å². The number of nitrogens with zero attached hydrogens (tertiary/aromatic N) is 1. The third-order valence-electron chi connectivity index (χ3n) is 4.75. The molecule has 0 unspecified atom stereocenters. The number of rotatable bonds is 2. The van der Waals surface area contributed by atoms with Crippen LogP contribution in [0.25, 0.3) is 0 Å². The quantitative estimate of drug-likeness (QED) is 0.682. The van der Waals surface area contributed by atoms with Gasteiger partial charge in [0.1, 0.15) is 0 Å². The van der Waals surface area contributed by atoms with Crippen LogP contribution >= 0.6 is 0 Å². The first kappa shape index (κ1) is 15.0. The Morgan fingerprint density at radius 1 is 0.882 bits per heavy atom. The first-order chi connectivity index (χ1) is 7.60. The van der Waals surface area contributed by atoms with E-state index in [-0.39, 0.29) is 0 Å². The van der Waals surface area contributed by atoms with Crippen LogP contribution < -0.4 is 0 Å². The summed E-state index contributed by atoms with van der Waals surface area (Å²) in [5.74, 6) is 1.87. The second kappa shape index (κ2) is 5.30. The molecule has 0 heterocycles. The zero-order valence-electron chi connectivity index (χ0n) is 13.1. The molecule has 1 rings (SSSR count). The Morgan fingerprint density at radius 2 is 1.35 bits per heavy atom. The lowest BCUT2D eigenvalue weighted by Gasteiger charge is -2.40. The summed E-state index contributed by atoms with van der Waals surface area (Å²) in [6.07, 6.45) is 5.74. The first-order valence-corrected chi connectivity index (χ1v) is 7.32. The second-order valence-electron chi connectivity index (χ2n) is 8.14. The van der Waals surface area contributed by atoms with Gasteiger partial charge in [-0.05, 0) is 70.8 Å². The topological polar surface area (TPSA) is 3.24 Å². The predicted octanol–water partition coefficient (Wildman–Crippen LogP) is 4.57. The van der Waals surface area contributed by atoms with E-state index in [1.54, 1.807) is 0 Å². The van der Waals surface area contributed by atoms with Gasteiger partial charge in [-0.1, -0.05) is 20.8 Å². The van der Waals surface area contributed by atoms with Crippen LogP contribution in [-0.2, 0) is 0 Å². The molecule has 0 radical (unpaired) electrons. The van der Waals surface area contributed by atoms with Gasteiger partial charge in [0, 0.05) is 12.1 Å². The summed E-state index contributed by atoms with van der Waals surface area (Å²) in [6.45, 7) is 15.4. The van der Waals surface area contributed by atoms with E-state index in [0.717, 1.165) is 11.8 Å². The standard InChI is InChI=1S/C16H33N/c1-15(2,3)14-10-8-13(9-11-14)12-17(7)16(4,5)6/h13-14H,8-12H2,1-7H3. The van der Waals surface area contributed by atoms with Crippen molar-refractivity contribution in [1.82, 2.24) is 4.90 Å². The molecule has 0 bridgehead atoms. The van der Waals surface area contributed by atoms with E-state index in [1.807, 2.05) is 0 Å². The van der Waals surface area contributed by atoms with Crippen molar-refractivity contribution in [3.8, 4) is 0 Å². The third kappa shape index (κ3) is 4.62. The van der Waals surface area contributed by atoms with Gasteiger partial charge in [-0.2, -0.15) is 0 Å². The molecule has 17 heavy (non-hydrogen) atoms. The minimum absolute atomic E-state index is 0.320. The number of hydrogen-bond acceptors (Lipinski definition) is 1. The van der Waals surface area contributed by atoms with E-state index in [9.17, 15) is 0 Å². The maximum atomic E-state index is 2.52. The van der Waals surface area contributed by atoms with Crippen molar-refractivity contribution >= 4 is 0 Å². The molecule has 0 aromatic heterocycles. The minimum atomic E-state index is 0.320. The van der Waals surface area contributed by atoms with Crippen molar-refractivity contribution in [2.75, 3.05) is 13.6 Å². The summed E-state index contributed by atoms with van der Waals surface area (Å²) in [5.41, 5.74) is 0.835. The Balaban J connectivity index is 2.38. The van der Waals surface area contributed by atoms with Gasteiger partial charge in [0.25, 0.3) is 0 Å². The summed E-state index contributed by atoms with van der Waals surface area (Å²) in [7, 11) is 2.27. The summed E-state index contributed by atoms with van der Waals surface area (Å²) in [4.78, 5) is 2.52. The van der Waals surface area contributed by atoms with E-state index in [0.29, 0.717) is 11.0 Å². The molecule has 0 aliphatic heterocycles. The summed E-state index contributed by atoms with van der Waals surface area (Å²) >= 11 is 0. The van der Waals surface area contributed by atoms with Crippen molar-refractivity contribution < 1.29 is 0 Å². The monoisotopic (exact) mass is 239 g/mol. The molecule has 1 saturated carbocycles. The van der Waals surface area contributed by atoms with Crippen molar-refractivity contribution in [3.63, 3.8) is 0 Å². The van der Waals surface area contributed by atoms with Gasteiger partial charge in [0.2, 0.25) is 0 Å². The van der Waals surface area contributed by atoms with Crippen molar-refractivity contribution in [1.29, 1.82) is 0 Å². The van der Waals surface area contributed by atoms with Crippen LogP contribution in [0.1, 0.15) is 67.2 Å². The molecule has 1 fully saturated rings. The van der Waals surface area contributed by atoms with Crippen LogP contribution in [0.4, 0.5) is 0 Å². The van der Waals surface area contributed by atoms with E-state index < -0.39 is 0 Å². The summed E-state index contributed by atoms with van der Waals surface area (Å²) < 4.78 is 0. The molecule has 0 spiro atoms. The van der Waals surface area contributed by atoms with Gasteiger partial charge in [-0.25, -0.2) is 0 Å². The molecule has 0 amide bonds. The molecule has 1 aliphatic carbocycles. The highest BCUT2D eigenvalue weighted by Crippen LogP contribution is 2.40. The van der Waals surface area contributed by atoms with Crippen LogP contribution in [0.2, 0.25) is 0 Å². The van der Waals surface area contributed by atoms with Crippen LogP contribution in [0, 0.1) is 17.3 Å². The lowest BCUT2D eigenvalue weighted by atomic mass is 9.70. The second-order valence-corrected chi connectivity index (χ2v) is 8.14. The molecule has 0 aromatic rings. The van der Waals surface area contributed by atoms with Gasteiger partial charge in [0.05, 0.1) is 0 Å². The van der Waals surface area contributed by atoms with Gasteiger partial charge in [-0.3, -0.25) is 0 Å². The molecular formula is C16H33N. The maximum absolute atomic E-state index is 2.52. The van der Waals surface area contributed by atoms with Crippen molar-refractivity contribution in [2.24, 2.45) is 17.3 Å². The van der Waals surface area contributed by atoms with Crippen LogP contribution in [0.15, 0.2) is 0 Å². The Morgan fingerprint density at radius 3 is 1.71 bits per heavy atom. The van der Waals surface area contributed by atoms with E-state index in [2.05, 4.69) is 53.5 Å². The predicted molar refractivity (Wildman–Crippen MR) is 77.3 cm³/mol. The van der Waals surface area contributed by atoms with E-state index in [1.165, 1.54) is 32.2 Å².